The van der Waals surface area contributed by atoms with Crippen molar-refractivity contribution in [1.29, 1.82) is 0 Å². The number of hydrogen-bond acceptors (Lipinski definition) is 4. The van der Waals surface area contributed by atoms with Gasteiger partial charge in [0.2, 0.25) is 0 Å². The number of piperazine rings is 1. The third-order valence-corrected chi connectivity index (χ3v) is 2.65. The molecule has 0 atom stereocenters. The van der Waals surface area contributed by atoms with Gasteiger partial charge in [-0.3, -0.25) is 4.79 Å². The lowest BCUT2D eigenvalue weighted by molar-refractivity contribution is 0.0733. The molecule has 1 amide bonds. The van der Waals surface area contributed by atoms with E-state index in [1.165, 1.54) is 0 Å². The van der Waals surface area contributed by atoms with Crippen LogP contribution in [-0.4, -0.2) is 42.1 Å². The highest BCUT2D eigenvalue weighted by atomic mass is 35.5. The summed E-state index contributed by atoms with van der Waals surface area (Å²) in [7, 11) is 0. The van der Waals surface area contributed by atoms with Crippen molar-refractivity contribution in [3.8, 4) is 0 Å². The summed E-state index contributed by atoms with van der Waals surface area (Å²) in [6.45, 7) is 6.79. The summed E-state index contributed by atoms with van der Waals surface area (Å²) >= 11 is 0. The molecule has 5 nitrogen and oxygen atoms in total. The van der Waals surface area contributed by atoms with E-state index >= 15 is 0 Å². The zero-order valence-electron chi connectivity index (χ0n) is 9.45. The fourth-order valence-electron chi connectivity index (χ4n) is 1.81. The minimum atomic E-state index is 0. The normalized spacial score (nSPS) is 15.8. The molecular weight excluding hydrogens is 230 g/mol. The first-order valence-corrected chi connectivity index (χ1v) is 5.13. The third-order valence-electron chi connectivity index (χ3n) is 2.65. The monoisotopic (exact) mass is 245 g/mol. The number of hydrogen-bond donors (Lipinski definition) is 1. The number of nitrogens with zero attached hydrogens (tertiary/aromatic N) is 2. The Morgan fingerprint density at radius 3 is 2.50 bits per heavy atom. The Balaban J connectivity index is 0.00000128. The summed E-state index contributed by atoms with van der Waals surface area (Å²) in [6, 6.07) is 0. The molecule has 1 saturated heterocycles. The van der Waals surface area contributed by atoms with Crippen LogP contribution in [0.2, 0.25) is 0 Å². The summed E-state index contributed by atoms with van der Waals surface area (Å²) in [5.41, 5.74) is 1.30. The van der Waals surface area contributed by atoms with E-state index in [4.69, 9.17) is 4.52 Å². The molecule has 1 N–H and O–H groups in total. The van der Waals surface area contributed by atoms with Gasteiger partial charge in [-0.2, -0.15) is 0 Å². The van der Waals surface area contributed by atoms with Crippen LogP contribution in [0.5, 0.6) is 0 Å². The Labute approximate surface area is 101 Å². The molecule has 90 valence electrons. The number of halogens is 1. The van der Waals surface area contributed by atoms with E-state index in [1.54, 1.807) is 13.8 Å². The van der Waals surface area contributed by atoms with Gasteiger partial charge in [-0.1, -0.05) is 5.16 Å². The Morgan fingerprint density at radius 1 is 1.38 bits per heavy atom. The third kappa shape index (κ3) is 2.36. The molecule has 0 aliphatic carbocycles. The highest BCUT2D eigenvalue weighted by Gasteiger charge is 2.24. The van der Waals surface area contributed by atoms with Crippen LogP contribution in [0.3, 0.4) is 0 Å². The molecule has 0 bridgehead atoms. The minimum Gasteiger partial charge on any atom is -0.361 e. The summed E-state index contributed by atoms with van der Waals surface area (Å²) < 4.78 is 4.99. The van der Waals surface area contributed by atoms with Gasteiger partial charge >= 0.3 is 0 Å². The van der Waals surface area contributed by atoms with Gasteiger partial charge in [0, 0.05) is 26.2 Å². The average Bonchev–Trinajstić information content (AvgIpc) is 2.59. The zero-order valence-corrected chi connectivity index (χ0v) is 10.3. The zero-order chi connectivity index (χ0) is 10.8. The molecule has 1 aliphatic heterocycles. The van der Waals surface area contributed by atoms with Gasteiger partial charge in [0.25, 0.3) is 5.91 Å². The molecule has 1 aromatic rings. The van der Waals surface area contributed by atoms with Crippen molar-refractivity contribution in [3.05, 3.63) is 17.0 Å². The van der Waals surface area contributed by atoms with Gasteiger partial charge in [-0.15, -0.1) is 12.4 Å². The maximum Gasteiger partial charge on any atom is 0.259 e. The molecular formula is C10H16ClN3O2. The van der Waals surface area contributed by atoms with Gasteiger partial charge in [-0.25, -0.2) is 0 Å². The average molecular weight is 246 g/mol. The number of amides is 1. The second-order valence-corrected chi connectivity index (χ2v) is 3.74. The lowest BCUT2D eigenvalue weighted by Gasteiger charge is -2.27. The summed E-state index contributed by atoms with van der Waals surface area (Å²) in [5, 5.41) is 7.01. The number of nitrogens with one attached hydrogen (secondary N) is 1. The standard InChI is InChI=1S/C10H15N3O2.ClH/c1-7-9(8(2)15-12-7)10(14)13-5-3-11-4-6-13;/h11H,3-6H2,1-2H3;1H. The lowest BCUT2D eigenvalue weighted by Crippen LogP contribution is -2.46. The van der Waals surface area contributed by atoms with Gasteiger partial charge in [0.05, 0.1) is 5.69 Å². The van der Waals surface area contributed by atoms with E-state index in [0.717, 1.165) is 26.2 Å². The molecule has 0 unspecified atom stereocenters. The van der Waals surface area contributed by atoms with Crippen molar-refractivity contribution in [3.63, 3.8) is 0 Å². The number of rotatable bonds is 1. The molecule has 6 heteroatoms. The van der Waals surface area contributed by atoms with E-state index in [0.29, 0.717) is 17.0 Å². The Hall–Kier alpha value is -1.07. The van der Waals surface area contributed by atoms with E-state index in [-0.39, 0.29) is 18.3 Å². The maximum absolute atomic E-state index is 12.1. The van der Waals surface area contributed by atoms with E-state index < -0.39 is 0 Å². The predicted molar refractivity (Wildman–Crippen MR) is 62.0 cm³/mol. The quantitative estimate of drug-likeness (QED) is 0.794. The SMILES string of the molecule is Cc1noc(C)c1C(=O)N1CCNCC1.Cl. The largest absolute Gasteiger partial charge is 0.361 e. The molecule has 0 saturated carbocycles. The molecule has 0 radical (unpaired) electrons. The van der Waals surface area contributed by atoms with Crippen LogP contribution in [-0.2, 0) is 0 Å². The predicted octanol–water partition coefficient (Wildman–Crippen LogP) is 0.759. The maximum atomic E-state index is 12.1. The van der Waals surface area contributed by atoms with Crippen LogP contribution in [0.15, 0.2) is 4.52 Å². The molecule has 2 heterocycles. The Bertz CT molecular complexity index is 353. The van der Waals surface area contributed by atoms with Crippen molar-refractivity contribution in [1.82, 2.24) is 15.4 Å². The van der Waals surface area contributed by atoms with Gasteiger partial charge < -0.3 is 14.7 Å². The van der Waals surface area contributed by atoms with Crippen LogP contribution < -0.4 is 5.32 Å². The molecule has 0 aromatic carbocycles. The summed E-state index contributed by atoms with van der Waals surface area (Å²) in [4.78, 5) is 13.9. The minimum absolute atomic E-state index is 0. The van der Waals surface area contributed by atoms with Gasteiger partial charge in [0.15, 0.2) is 0 Å². The van der Waals surface area contributed by atoms with Crippen molar-refractivity contribution >= 4 is 18.3 Å². The lowest BCUT2D eigenvalue weighted by atomic mass is 10.1. The molecule has 1 aromatic heterocycles. The fourth-order valence-corrected chi connectivity index (χ4v) is 1.81. The van der Waals surface area contributed by atoms with Crippen LogP contribution in [0, 0.1) is 13.8 Å². The molecule has 1 fully saturated rings. The van der Waals surface area contributed by atoms with Crippen molar-refractivity contribution in [2.45, 2.75) is 13.8 Å². The number of aromatic nitrogens is 1. The second kappa shape index (κ2) is 5.32. The van der Waals surface area contributed by atoms with Crippen LogP contribution in [0.1, 0.15) is 21.8 Å². The Kier molecular flexibility index (Phi) is 4.32. The highest BCUT2D eigenvalue weighted by molar-refractivity contribution is 5.96. The summed E-state index contributed by atoms with van der Waals surface area (Å²) in [5.74, 6) is 0.642. The number of aryl methyl sites for hydroxylation is 2. The first-order valence-electron chi connectivity index (χ1n) is 5.13. The van der Waals surface area contributed by atoms with E-state index in [2.05, 4.69) is 10.5 Å². The Morgan fingerprint density at radius 2 is 2.00 bits per heavy atom. The fraction of sp³-hybridized carbons (Fsp3) is 0.600. The molecule has 1 aliphatic rings. The van der Waals surface area contributed by atoms with Gasteiger partial charge in [-0.05, 0) is 13.8 Å². The first-order chi connectivity index (χ1) is 7.20. The van der Waals surface area contributed by atoms with Gasteiger partial charge in [0.1, 0.15) is 11.3 Å². The van der Waals surface area contributed by atoms with Crippen molar-refractivity contribution in [2.24, 2.45) is 0 Å². The molecule has 2 rings (SSSR count). The first kappa shape index (κ1) is 13.0. The second-order valence-electron chi connectivity index (χ2n) is 3.74. The highest BCUT2D eigenvalue weighted by Crippen LogP contribution is 2.15. The molecule has 0 spiro atoms. The van der Waals surface area contributed by atoms with Crippen LogP contribution in [0.25, 0.3) is 0 Å². The van der Waals surface area contributed by atoms with Crippen molar-refractivity contribution < 1.29 is 9.32 Å². The topological polar surface area (TPSA) is 58.4 Å². The van der Waals surface area contributed by atoms with E-state index in [1.807, 2.05) is 4.90 Å². The number of carbonyl (C=O) groups is 1. The molecule has 16 heavy (non-hydrogen) atoms. The van der Waals surface area contributed by atoms with Crippen LogP contribution in [0.4, 0.5) is 0 Å². The van der Waals surface area contributed by atoms with Crippen molar-refractivity contribution in [2.75, 3.05) is 26.2 Å². The van der Waals surface area contributed by atoms with E-state index in [9.17, 15) is 4.79 Å². The summed E-state index contributed by atoms with van der Waals surface area (Å²) in [6.07, 6.45) is 0. The number of carbonyl (C=O) groups excluding carboxylic acids is 1. The van der Waals surface area contributed by atoms with Crippen LogP contribution >= 0.6 is 12.4 Å². The smallest absolute Gasteiger partial charge is 0.259 e.